The molecule has 1 N–H and O–H groups in total. The summed E-state index contributed by atoms with van der Waals surface area (Å²) in [4.78, 5) is 33.4. The highest BCUT2D eigenvalue weighted by molar-refractivity contribution is 6.30. The highest BCUT2D eigenvalue weighted by atomic mass is 35.5. The van der Waals surface area contributed by atoms with Crippen molar-refractivity contribution < 1.29 is 4.79 Å². The topological polar surface area (TPSA) is 71.0 Å². The molecule has 1 atom stereocenters. The highest BCUT2D eigenvalue weighted by Crippen LogP contribution is 2.34. The van der Waals surface area contributed by atoms with E-state index >= 15 is 0 Å². The van der Waals surface area contributed by atoms with Gasteiger partial charge < -0.3 is 14.5 Å². The number of fused-ring (bicyclic) bond motifs is 1. The van der Waals surface area contributed by atoms with Gasteiger partial charge in [-0.25, -0.2) is 4.98 Å². The molecule has 128 valence electrons. The van der Waals surface area contributed by atoms with Crippen molar-refractivity contribution in [2.75, 3.05) is 6.54 Å². The number of amides is 1. The summed E-state index contributed by atoms with van der Waals surface area (Å²) in [5.74, 6) is 0.732. The number of aromatic nitrogens is 3. The molecular formula is C18H17ClN4O2. The third-order valence-corrected chi connectivity index (χ3v) is 5.02. The molecule has 0 radical (unpaired) electrons. The van der Waals surface area contributed by atoms with Gasteiger partial charge in [0.1, 0.15) is 10.8 Å². The van der Waals surface area contributed by atoms with Crippen LogP contribution in [0.5, 0.6) is 0 Å². The Labute approximate surface area is 149 Å². The van der Waals surface area contributed by atoms with E-state index in [4.69, 9.17) is 16.6 Å². The van der Waals surface area contributed by atoms with Gasteiger partial charge in [0.2, 0.25) is 0 Å². The number of pyridine rings is 1. The maximum absolute atomic E-state index is 12.9. The molecule has 1 aromatic carbocycles. The summed E-state index contributed by atoms with van der Waals surface area (Å²) in [5, 5.41) is 0.0179. The zero-order valence-electron chi connectivity index (χ0n) is 13.7. The molecule has 1 saturated heterocycles. The van der Waals surface area contributed by atoms with Crippen molar-refractivity contribution in [3.63, 3.8) is 0 Å². The number of hydrogen-bond donors (Lipinski definition) is 1. The Morgan fingerprint density at radius 2 is 2.16 bits per heavy atom. The normalized spacial score (nSPS) is 17.4. The Bertz CT molecular complexity index is 1020. The Hall–Kier alpha value is -2.60. The van der Waals surface area contributed by atoms with Gasteiger partial charge in [-0.2, -0.15) is 0 Å². The molecule has 25 heavy (non-hydrogen) atoms. The number of carbonyl (C=O) groups excluding carboxylic acids is 1. The maximum Gasteiger partial charge on any atom is 0.266 e. The molecule has 1 fully saturated rings. The number of hydrogen-bond acceptors (Lipinski definition) is 3. The van der Waals surface area contributed by atoms with Gasteiger partial charge in [0.25, 0.3) is 11.5 Å². The van der Waals surface area contributed by atoms with Gasteiger partial charge in [-0.3, -0.25) is 9.59 Å². The lowest BCUT2D eigenvalue weighted by Crippen LogP contribution is -2.32. The Morgan fingerprint density at radius 1 is 1.36 bits per heavy atom. The van der Waals surface area contributed by atoms with Gasteiger partial charge in [-0.15, -0.1) is 0 Å². The zero-order valence-corrected chi connectivity index (χ0v) is 14.5. The molecule has 3 aromatic rings. The number of likely N-dealkylation sites (tertiary alicyclic amines) is 1. The van der Waals surface area contributed by atoms with Crippen LogP contribution < -0.4 is 5.56 Å². The number of benzene rings is 1. The van der Waals surface area contributed by atoms with Crippen molar-refractivity contribution >= 4 is 28.5 Å². The molecule has 0 saturated carbocycles. The van der Waals surface area contributed by atoms with Crippen molar-refractivity contribution in [2.24, 2.45) is 7.05 Å². The molecule has 0 spiro atoms. The molecule has 6 nitrogen and oxygen atoms in total. The summed E-state index contributed by atoms with van der Waals surface area (Å²) >= 11 is 5.87. The highest BCUT2D eigenvalue weighted by Gasteiger charge is 2.33. The van der Waals surface area contributed by atoms with Gasteiger partial charge in [0.15, 0.2) is 0 Å². The van der Waals surface area contributed by atoms with Gasteiger partial charge in [0.05, 0.1) is 22.6 Å². The molecule has 2 aromatic heterocycles. The number of carbonyl (C=O) groups is 1. The predicted molar refractivity (Wildman–Crippen MR) is 95.8 cm³/mol. The SMILES string of the molecule is Cn1c([C@H]2CCCN2C(=O)c2c[nH]c(=O)c(Cl)c2)nc2ccccc21. The summed E-state index contributed by atoms with van der Waals surface area (Å²) < 4.78 is 2.05. The number of imidazole rings is 1. The van der Waals surface area contributed by atoms with Gasteiger partial charge in [-0.05, 0) is 31.0 Å². The average Bonchev–Trinajstić information content (AvgIpc) is 3.22. The van der Waals surface area contributed by atoms with Crippen LogP contribution in [-0.4, -0.2) is 31.9 Å². The van der Waals surface area contributed by atoms with E-state index < -0.39 is 5.56 Å². The number of rotatable bonds is 2. The molecule has 4 rings (SSSR count). The standard InChI is InChI=1S/C18H17ClN4O2/c1-22-14-6-3-2-5-13(14)21-16(22)15-7-4-8-23(15)18(25)11-9-12(19)17(24)20-10-11/h2-3,5-6,9-10,15H,4,7-8H2,1H3,(H,20,24)/t15-/m1/s1. The van der Waals surface area contributed by atoms with E-state index in [0.717, 1.165) is 29.7 Å². The van der Waals surface area contributed by atoms with E-state index in [1.165, 1.54) is 12.3 Å². The fourth-order valence-electron chi connectivity index (χ4n) is 3.49. The van der Waals surface area contributed by atoms with Gasteiger partial charge in [-0.1, -0.05) is 23.7 Å². The lowest BCUT2D eigenvalue weighted by Gasteiger charge is -2.24. The summed E-state index contributed by atoms with van der Waals surface area (Å²) in [6.07, 6.45) is 3.19. The van der Waals surface area contributed by atoms with E-state index in [0.29, 0.717) is 12.1 Å². The number of aryl methyl sites for hydroxylation is 1. The molecule has 7 heteroatoms. The third kappa shape index (κ3) is 2.62. The molecular weight excluding hydrogens is 340 g/mol. The van der Waals surface area contributed by atoms with E-state index in [2.05, 4.69) is 4.98 Å². The second-order valence-electron chi connectivity index (χ2n) is 6.24. The molecule has 0 unspecified atom stereocenters. The summed E-state index contributed by atoms with van der Waals surface area (Å²) in [6, 6.07) is 9.27. The molecule has 1 aliphatic heterocycles. The van der Waals surface area contributed by atoms with Gasteiger partial charge in [0, 0.05) is 19.8 Å². The smallest absolute Gasteiger partial charge is 0.266 e. The Balaban J connectivity index is 1.72. The molecule has 0 bridgehead atoms. The Kier molecular flexibility index (Phi) is 3.84. The number of para-hydroxylation sites is 2. The van der Waals surface area contributed by atoms with Crippen LogP contribution in [0.25, 0.3) is 11.0 Å². The minimum absolute atomic E-state index is 0.0179. The van der Waals surface area contributed by atoms with E-state index in [-0.39, 0.29) is 17.0 Å². The molecule has 0 aliphatic carbocycles. The number of halogens is 1. The monoisotopic (exact) mass is 356 g/mol. The number of nitrogens with one attached hydrogen (secondary N) is 1. The molecule has 1 amide bonds. The maximum atomic E-state index is 12.9. The quantitative estimate of drug-likeness (QED) is 0.767. The number of aromatic amines is 1. The Morgan fingerprint density at radius 3 is 2.92 bits per heavy atom. The summed E-state index contributed by atoms with van der Waals surface area (Å²) in [7, 11) is 1.97. The minimum Gasteiger partial charge on any atom is -0.329 e. The van der Waals surface area contributed by atoms with Crippen LogP contribution in [0.4, 0.5) is 0 Å². The van der Waals surface area contributed by atoms with E-state index in [1.807, 2.05) is 40.8 Å². The predicted octanol–water partition coefficient (Wildman–Crippen LogP) is 2.89. The van der Waals surface area contributed by atoms with Crippen molar-refractivity contribution in [1.82, 2.24) is 19.4 Å². The van der Waals surface area contributed by atoms with E-state index in [9.17, 15) is 9.59 Å². The van der Waals surface area contributed by atoms with Crippen LogP contribution in [0.3, 0.4) is 0 Å². The van der Waals surface area contributed by atoms with Crippen LogP contribution in [-0.2, 0) is 7.05 Å². The van der Waals surface area contributed by atoms with Crippen molar-refractivity contribution in [3.05, 3.63) is 63.3 Å². The second kappa shape index (κ2) is 6.04. The van der Waals surface area contributed by atoms with Crippen LogP contribution in [0, 0.1) is 0 Å². The van der Waals surface area contributed by atoms with Gasteiger partial charge >= 0.3 is 0 Å². The van der Waals surface area contributed by atoms with Crippen molar-refractivity contribution in [2.45, 2.75) is 18.9 Å². The summed E-state index contributed by atoms with van der Waals surface area (Å²) in [5.41, 5.74) is 1.96. The van der Waals surface area contributed by atoms with Crippen LogP contribution >= 0.6 is 11.6 Å². The van der Waals surface area contributed by atoms with E-state index in [1.54, 1.807) is 0 Å². The minimum atomic E-state index is -0.397. The summed E-state index contributed by atoms with van der Waals surface area (Å²) in [6.45, 7) is 0.656. The van der Waals surface area contributed by atoms with Crippen LogP contribution in [0.1, 0.15) is 35.1 Å². The second-order valence-corrected chi connectivity index (χ2v) is 6.65. The lowest BCUT2D eigenvalue weighted by atomic mass is 10.2. The lowest BCUT2D eigenvalue weighted by molar-refractivity contribution is 0.0728. The third-order valence-electron chi connectivity index (χ3n) is 4.74. The van der Waals surface area contributed by atoms with Crippen molar-refractivity contribution in [1.29, 1.82) is 0 Å². The fourth-order valence-corrected chi connectivity index (χ4v) is 3.66. The average molecular weight is 357 g/mol. The largest absolute Gasteiger partial charge is 0.329 e. The first kappa shape index (κ1) is 15.9. The number of H-pyrrole nitrogens is 1. The van der Waals surface area contributed by atoms with Crippen molar-refractivity contribution in [3.8, 4) is 0 Å². The van der Waals surface area contributed by atoms with Crippen LogP contribution in [0.15, 0.2) is 41.3 Å². The number of nitrogens with zero attached hydrogens (tertiary/aromatic N) is 3. The zero-order chi connectivity index (χ0) is 17.6. The molecule has 1 aliphatic rings. The van der Waals surface area contributed by atoms with Crippen LogP contribution in [0.2, 0.25) is 5.02 Å². The molecule has 3 heterocycles. The fraction of sp³-hybridized carbons (Fsp3) is 0.278. The first-order valence-corrected chi connectivity index (χ1v) is 8.54. The first-order chi connectivity index (χ1) is 12.1. The first-order valence-electron chi connectivity index (χ1n) is 8.17.